The van der Waals surface area contributed by atoms with Gasteiger partial charge in [0.2, 0.25) is 0 Å². The molecule has 1 aliphatic heterocycles. The van der Waals surface area contributed by atoms with Crippen LogP contribution in [-0.4, -0.2) is 42.7 Å². The molecule has 1 aliphatic rings. The fraction of sp³-hybridized carbons (Fsp3) is 0.357. The summed E-state index contributed by atoms with van der Waals surface area (Å²) in [4.78, 5) is 13.5. The molecule has 0 bridgehead atoms. The van der Waals surface area contributed by atoms with E-state index in [4.69, 9.17) is 0 Å². The fourth-order valence-corrected chi connectivity index (χ4v) is 2.77. The van der Waals surface area contributed by atoms with E-state index in [0.717, 1.165) is 0 Å². The van der Waals surface area contributed by atoms with Gasteiger partial charge in [-0.1, -0.05) is 0 Å². The molecule has 3 aromatic rings. The minimum absolute atomic E-state index is 0.0354. The standard InChI is InChI=1S/C14H12F3N7O/c15-14(16,17)13-20-19-10-3-4-11(21-24(10)13)22-6-9(7-22)8-23-12(25)2-1-5-18-23/h1-5,9H,6-8H2. The van der Waals surface area contributed by atoms with Gasteiger partial charge in [0.25, 0.3) is 11.4 Å². The minimum atomic E-state index is -4.62. The van der Waals surface area contributed by atoms with E-state index in [1.54, 1.807) is 12.1 Å². The first-order valence-corrected chi connectivity index (χ1v) is 7.48. The summed E-state index contributed by atoms with van der Waals surface area (Å²) in [6, 6.07) is 6.06. The zero-order valence-corrected chi connectivity index (χ0v) is 12.8. The van der Waals surface area contributed by atoms with Crippen molar-refractivity contribution >= 4 is 11.5 Å². The molecule has 4 heterocycles. The summed E-state index contributed by atoms with van der Waals surface area (Å²) >= 11 is 0. The van der Waals surface area contributed by atoms with Crippen LogP contribution < -0.4 is 10.5 Å². The SMILES string of the molecule is O=c1cccnn1CC1CN(c2ccc3nnc(C(F)(F)F)n3n2)C1. The molecule has 0 radical (unpaired) electrons. The molecule has 11 heteroatoms. The highest BCUT2D eigenvalue weighted by atomic mass is 19.4. The third kappa shape index (κ3) is 2.81. The third-order valence-electron chi connectivity index (χ3n) is 4.00. The minimum Gasteiger partial charge on any atom is -0.354 e. The Morgan fingerprint density at radius 3 is 2.68 bits per heavy atom. The molecule has 130 valence electrons. The Labute approximate surface area is 138 Å². The number of nitrogens with zero attached hydrogens (tertiary/aromatic N) is 7. The number of fused-ring (bicyclic) bond motifs is 1. The van der Waals surface area contributed by atoms with Crippen LogP contribution in [-0.2, 0) is 12.7 Å². The van der Waals surface area contributed by atoms with Crippen LogP contribution in [0.25, 0.3) is 5.65 Å². The molecule has 0 aliphatic carbocycles. The second-order valence-electron chi connectivity index (χ2n) is 5.80. The zero-order valence-electron chi connectivity index (χ0n) is 12.8. The number of rotatable bonds is 3. The first-order chi connectivity index (χ1) is 11.9. The molecule has 8 nitrogen and oxygen atoms in total. The maximum absolute atomic E-state index is 12.9. The van der Waals surface area contributed by atoms with E-state index in [1.165, 1.54) is 23.0 Å². The van der Waals surface area contributed by atoms with Crippen molar-refractivity contribution < 1.29 is 13.2 Å². The van der Waals surface area contributed by atoms with Gasteiger partial charge in [0.05, 0.1) is 6.54 Å². The summed E-state index contributed by atoms with van der Waals surface area (Å²) in [5.41, 5.74) is -0.145. The Kier molecular flexibility index (Phi) is 3.44. The zero-order chi connectivity index (χ0) is 17.6. The highest BCUT2D eigenvalue weighted by molar-refractivity contribution is 5.47. The van der Waals surface area contributed by atoms with Crippen LogP contribution in [0.5, 0.6) is 0 Å². The second kappa shape index (κ2) is 5.53. The summed E-state index contributed by atoms with van der Waals surface area (Å²) < 4.78 is 40.8. The van der Waals surface area contributed by atoms with Gasteiger partial charge in [-0.05, 0) is 18.2 Å². The Bertz CT molecular complexity index is 974. The van der Waals surface area contributed by atoms with Gasteiger partial charge in [-0.25, -0.2) is 4.68 Å². The molecule has 1 saturated heterocycles. The maximum Gasteiger partial charge on any atom is 0.453 e. The van der Waals surface area contributed by atoms with Gasteiger partial charge >= 0.3 is 6.18 Å². The molecule has 3 aromatic heterocycles. The van der Waals surface area contributed by atoms with E-state index >= 15 is 0 Å². The van der Waals surface area contributed by atoms with E-state index in [-0.39, 0.29) is 17.1 Å². The molecular weight excluding hydrogens is 339 g/mol. The van der Waals surface area contributed by atoms with Crippen molar-refractivity contribution in [2.45, 2.75) is 12.7 Å². The van der Waals surface area contributed by atoms with Gasteiger partial charge < -0.3 is 4.90 Å². The lowest BCUT2D eigenvalue weighted by Crippen LogP contribution is -2.50. The average Bonchev–Trinajstić information content (AvgIpc) is 2.95. The number of halogens is 3. The fourth-order valence-electron chi connectivity index (χ4n) is 2.77. The first kappa shape index (κ1) is 15.5. The monoisotopic (exact) mass is 351 g/mol. The normalized spacial score (nSPS) is 15.6. The lowest BCUT2D eigenvalue weighted by molar-refractivity contribution is -0.146. The molecule has 0 amide bonds. The number of aromatic nitrogens is 6. The maximum atomic E-state index is 12.9. The number of anilines is 1. The smallest absolute Gasteiger partial charge is 0.354 e. The number of hydrogen-bond acceptors (Lipinski definition) is 6. The lowest BCUT2D eigenvalue weighted by atomic mass is 10.0. The second-order valence-corrected chi connectivity index (χ2v) is 5.80. The van der Waals surface area contributed by atoms with E-state index < -0.39 is 12.0 Å². The van der Waals surface area contributed by atoms with Crippen LogP contribution in [0.3, 0.4) is 0 Å². The number of alkyl halides is 3. The molecule has 0 saturated carbocycles. The quantitative estimate of drug-likeness (QED) is 0.696. The molecule has 0 spiro atoms. The molecule has 0 atom stereocenters. The van der Waals surface area contributed by atoms with Crippen LogP contribution in [0, 0.1) is 5.92 Å². The van der Waals surface area contributed by atoms with Crippen LogP contribution in [0.1, 0.15) is 5.82 Å². The molecule has 1 fully saturated rings. The van der Waals surface area contributed by atoms with Crippen molar-refractivity contribution in [1.82, 2.24) is 29.6 Å². The van der Waals surface area contributed by atoms with Gasteiger partial charge in [0.1, 0.15) is 5.82 Å². The third-order valence-corrected chi connectivity index (χ3v) is 4.00. The molecular formula is C14H12F3N7O. The summed E-state index contributed by atoms with van der Waals surface area (Å²) in [6.07, 6.45) is -3.08. The number of hydrogen-bond donors (Lipinski definition) is 0. The molecule has 0 aromatic carbocycles. The molecule has 0 unspecified atom stereocenters. The van der Waals surface area contributed by atoms with Gasteiger partial charge in [-0.3, -0.25) is 4.79 Å². The lowest BCUT2D eigenvalue weighted by Gasteiger charge is -2.39. The molecule has 4 rings (SSSR count). The highest BCUT2D eigenvalue weighted by Crippen LogP contribution is 2.29. The summed E-state index contributed by atoms with van der Waals surface area (Å²) in [5.74, 6) is -0.572. The average molecular weight is 351 g/mol. The van der Waals surface area contributed by atoms with E-state index in [9.17, 15) is 18.0 Å². The van der Waals surface area contributed by atoms with E-state index in [0.29, 0.717) is 30.0 Å². The summed E-state index contributed by atoms with van der Waals surface area (Å²) in [6.45, 7) is 1.61. The molecule has 0 N–H and O–H groups in total. The van der Waals surface area contributed by atoms with Crippen molar-refractivity contribution in [2.75, 3.05) is 18.0 Å². The summed E-state index contributed by atoms with van der Waals surface area (Å²) in [5, 5.41) is 14.6. The Morgan fingerprint density at radius 2 is 1.96 bits per heavy atom. The largest absolute Gasteiger partial charge is 0.453 e. The Balaban J connectivity index is 1.51. The predicted octanol–water partition coefficient (Wildman–Crippen LogP) is 0.836. The predicted molar refractivity (Wildman–Crippen MR) is 80.0 cm³/mol. The van der Waals surface area contributed by atoms with Crippen molar-refractivity contribution in [2.24, 2.45) is 5.92 Å². The highest BCUT2D eigenvalue weighted by Gasteiger charge is 2.38. The van der Waals surface area contributed by atoms with E-state index in [2.05, 4.69) is 20.4 Å². The Hall–Kier alpha value is -2.98. The van der Waals surface area contributed by atoms with Crippen LogP contribution in [0.4, 0.5) is 19.0 Å². The van der Waals surface area contributed by atoms with Crippen molar-refractivity contribution in [3.8, 4) is 0 Å². The van der Waals surface area contributed by atoms with Gasteiger partial charge in [0.15, 0.2) is 5.65 Å². The van der Waals surface area contributed by atoms with Crippen LogP contribution in [0.15, 0.2) is 35.3 Å². The van der Waals surface area contributed by atoms with Crippen molar-refractivity contribution in [1.29, 1.82) is 0 Å². The van der Waals surface area contributed by atoms with Crippen molar-refractivity contribution in [3.63, 3.8) is 0 Å². The van der Waals surface area contributed by atoms with Gasteiger partial charge in [-0.2, -0.15) is 22.8 Å². The first-order valence-electron chi connectivity index (χ1n) is 7.48. The van der Waals surface area contributed by atoms with Gasteiger partial charge in [-0.15, -0.1) is 15.3 Å². The van der Waals surface area contributed by atoms with Gasteiger partial charge in [0, 0.05) is 31.3 Å². The van der Waals surface area contributed by atoms with Crippen LogP contribution in [0.2, 0.25) is 0 Å². The van der Waals surface area contributed by atoms with Crippen molar-refractivity contribution in [3.05, 3.63) is 46.6 Å². The van der Waals surface area contributed by atoms with Crippen LogP contribution >= 0.6 is 0 Å². The topological polar surface area (TPSA) is 81.2 Å². The summed E-state index contributed by atoms with van der Waals surface area (Å²) in [7, 11) is 0. The van der Waals surface area contributed by atoms with E-state index in [1.807, 2.05) is 4.90 Å². The molecule has 25 heavy (non-hydrogen) atoms. The Morgan fingerprint density at radius 1 is 1.16 bits per heavy atom.